The second-order valence-corrected chi connectivity index (χ2v) is 3.39. The molecule has 0 heterocycles. The Kier molecular flexibility index (Phi) is 7.15. The highest BCUT2D eigenvalue weighted by Gasteiger charge is 2.17. The maximum atomic E-state index is 11.9. The smallest absolute Gasteiger partial charge is 0.320 e. The molecule has 6 heteroatoms. The molecule has 0 rings (SSSR count). The lowest BCUT2D eigenvalue weighted by Gasteiger charge is -2.19. The number of carbonyl (C=O) groups is 1. The number of likely N-dealkylation sites (N-methyl/N-ethyl adjacent to an activating group) is 1. The lowest BCUT2D eigenvalue weighted by Crippen LogP contribution is -2.39. The molecule has 0 aromatic heterocycles. The van der Waals surface area contributed by atoms with Crippen LogP contribution in [0, 0.1) is 0 Å². The number of aliphatic carboxylic acids is 1. The molecule has 2 N–H and O–H groups in total. The van der Waals surface area contributed by atoms with Gasteiger partial charge >= 0.3 is 5.97 Å². The number of hydrogen-bond acceptors (Lipinski definition) is 3. The molecule has 0 aliphatic rings. The van der Waals surface area contributed by atoms with E-state index in [9.17, 15) is 13.6 Å². The van der Waals surface area contributed by atoms with Crippen molar-refractivity contribution < 1.29 is 18.7 Å². The summed E-state index contributed by atoms with van der Waals surface area (Å²) >= 11 is 0. The van der Waals surface area contributed by atoms with E-state index >= 15 is 0 Å². The van der Waals surface area contributed by atoms with Crippen LogP contribution in [0.3, 0.4) is 0 Å². The molecular formula is C9H18F2N2O2. The molecule has 0 saturated heterocycles. The van der Waals surface area contributed by atoms with Gasteiger partial charge in [-0.1, -0.05) is 6.92 Å². The van der Waals surface area contributed by atoms with Crippen LogP contribution in [0.5, 0.6) is 0 Å². The molecule has 0 bridgehead atoms. The second kappa shape index (κ2) is 7.53. The van der Waals surface area contributed by atoms with Crippen molar-refractivity contribution in [3.63, 3.8) is 0 Å². The molecule has 0 aliphatic carbocycles. The number of hydrogen-bond donors (Lipinski definition) is 2. The number of halogens is 2. The SMILES string of the molecule is CCNC(CCN(C)CC(F)F)C(=O)O. The molecule has 0 amide bonds. The van der Waals surface area contributed by atoms with Crippen LogP contribution in [0.25, 0.3) is 0 Å². The number of carboxylic acids is 1. The van der Waals surface area contributed by atoms with Gasteiger partial charge in [0.2, 0.25) is 0 Å². The van der Waals surface area contributed by atoms with Gasteiger partial charge in [0.1, 0.15) is 6.04 Å². The first-order valence-electron chi connectivity index (χ1n) is 4.90. The Hall–Kier alpha value is -0.750. The molecule has 1 atom stereocenters. The normalized spacial score (nSPS) is 13.5. The Morgan fingerprint density at radius 1 is 1.53 bits per heavy atom. The first-order chi connectivity index (χ1) is 6.97. The van der Waals surface area contributed by atoms with Crippen molar-refractivity contribution in [2.75, 3.05) is 26.7 Å². The first-order valence-corrected chi connectivity index (χ1v) is 4.90. The van der Waals surface area contributed by atoms with Crippen LogP contribution in [0.15, 0.2) is 0 Å². The highest BCUT2D eigenvalue weighted by molar-refractivity contribution is 5.73. The number of nitrogens with zero attached hydrogens (tertiary/aromatic N) is 1. The Labute approximate surface area is 88.3 Å². The fraction of sp³-hybridized carbons (Fsp3) is 0.889. The van der Waals surface area contributed by atoms with E-state index in [1.807, 2.05) is 0 Å². The molecule has 0 aliphatic heterocycles. The van der Waals surface area contributed by atoms with E-state index in [0.717, 1.165) is 0 Å². The molecule has 15 heavy (non-hydrogen) atoms. The zero-order chi connectivity index (χ0) is 11.8. The van der Waals surface area contributed by atoms with Gasteiger partial charge < -0.3 is 15.3 Å². The molecule has 0 aromatic rings. The largest absolute Gasteiger partial charge is 0.480 e. The van der Waals surface area contributed by atoms with Crippen LogP contribution < -0.4 is 5.32 Å². The van der Waals surface area contributed by atoms with Gasteiger partial charge in [-0.25, -0.2) is 8.78 Å². The number of carboxylic acid groups (broad SMARTS) is 1. The third-order valence-corrected chi connectivity index (χ3v) is 2.00. The minimum absolute atomic E-state index is 0.321. The minimum Gasteiger partial charge on any atom is -0.480 e. The molecule has 0 aromatic carbocycles. The molecule has 0 spiro atoms. The lowest BCUT2D eigenvalue weighted by atomic mass is 10.2. The van der Waals surface area contributed by atoms with Crippen LogP contribution in [0.2, 0.25) is 0 Å². The summed E-state index contributed by atoms with van der Waals surface area (Å²) in [7, 11) is 1.55. The van der Waals surface area contributed by atoms with Gasteiger partial charge in [0.05, 0.1) is 6.54 Å². The summed E-state index contributed by atoms with van der Waals surface area (Å²) in [6.07, 6.45) is -2.05. The molecule has 90 valence electrons. The fourth-order valence-electron chi connectivity index (χ4n) is 1.24. The fourth-order valence-corrected chi connectivity index (χ4v) is 1.24. The maximum Gasteiger partial charge on any atom is 0.320 e. The van der Waals surface area contributed by atoms with Crippen molar-refractivity contribution >= 4 is 5.97 Å². The average Bonchev–Trinajstić information content (AvgIpc) is 2.10. The zero-order valence-electron chi connectivity index (χ0n) is 9.04. The van der Waals surface area contributed by atoms with Gasteiger partial charge in [0.25, 0.3) is 6.43 Å². The van der Waals surface area contributed by atoms with Crippen LogP contribution >= 0.6 is 0 Å². The number of rotatable bonds is 8. The van der Waals surface area contributed by atoms with Crippen LogP contribution in [0.4, 0.5) is 8.78 Å². The number of nitrogens with one attached hydrogen (secondary N) is 1. The lowest BCUT2D eigenvalue weighted by molar-refractivity contribution is -0.139. The van der Waals surface area contributed by atoms with Gasteiger partial charge in [-0.05, 0) is 20.0 Å². The first kappa shape index (κ1) is 14.2. The minimum atomic E-state index is -2.38. The Bertz CT molecular complexity index is 191. The summed E-state index contributed by atoms with van der Waals surface area (Å²) < 4.78 is 23.9. The third-order valence-electron chi connectivity index (χ3n) is 2.00. The van der Waals surface area contributed by atoms with E-state index in [4.69, 9.17) is 5.11 Å². The van der Waals surface area contributed by atoms with Gasteiger partial charge in [-0.15, -0.1) is 0 Å². The van der Waals surface area contributed by atoms with Crippen molar-refractivity contribution in [2.24, 2.45) is 0 Å². The van der Waals surface area contributed by atoms with Crippen molar-refractivity contribution in [3.05, 3.63) is 0 Å². The van der Waals surface area contributed by atoms with Crippen molar-refractivity contribution in [3.8, 4) is 0 Å². The van der Waals surface area contributed by atoms with E-state index in [2.05, 4.69) is 5.32 Å². The summed E-state index contributed by atoms with van der Waals surface area (Å²) in [5, 5.41) is 11.5. The van der Waals surface area contributed by atoms with E-state index in [-0.39, 0.29) is 6.54 Å². The third kappa shape index (κ3) is 7.21. The average molecular weight is 224 g/mol. The summed E-state index contributed by atoms with van der Waals surface area (Å²) in [4.78, 5) is 12.1. The molecule has 0 radical (unpaired) electrons. The summed E-state index contributed by atoms with van der Waals surface area (Å²) in [5.74, 6) is -0.942. The Balaban J connectivity index is 3.83. The highest BCUT2D eigenvalue weighted by atomic mass is 19.3. The van der Waals surface area contributed by atoms with E-state index in [1.165, 1.54) is 4.90 Å². The van der Waals surface area contributed by atoms with Crippen LogP contribution in [-0.2, 0) is 4.79 Å². The monoisotopic (exact) mass is 224 g/mol. The summed E-state index contributed by atoms with van der Waals surface area (Å²) in [5.41, 5.74) is 0. The standard InChI is InChI=1S/C9H18F2N2O2/c1-3-12-7(9(14)15)4-5-13(2)6-8(10)11/h7-8,12H,3-6H2,1-2H3,(H,14,15). The predicted molar refractivity (Wildman–Crippen MR) is 53.2 cm³/mol. The molecule has 1 unspecified atom stereocenters. The highest BCUT2D eigenvalue weighted by Crippen LogP contribution is 1.99. The van der Waals surface area contributed by atoms with Crippen molar-refractivity contribution in [2.45, 2.75) is 25.8 Å². The van der Waals surface area contributed by atoms with E-state index in [0.29, 0.717) is 19.5 Å². The number of alkyl halides is 2. The molecule has 0 saturated carbocycles. The molecular weight excluding hydrogens is 206 g/mol. The Morgan fingerprint density at radius 3 is 2.53 bits per heavy atom. The van der Waals surface area contributed by atoms with E-state index in [1.54, 1.807) is 14.0 Å². The zero-order valence-corrected chi connectivity index (χ0v) is 9.04. The molecule has 4 nitrogen and oxygen atoms in total. The van der Waals surface area contributed by atoms with Crippen LogP contribution in [-0.4, -0.2) is 55.1 Å². The summed E-state index contributed by atoms with van der Waals surface area (Å²) in [6.45, 7) is 2.38. The van der Waals surface area contributed by atoms with Crippen molar-refractivity contribution in [1.29, 1.82) is 0 Å². The van der Waals surface area contributed by atoms with Crippen LogP contribution in [0.1, 0.15) is 13.3 Å². The van der Waals surface area contributed by atoms with Crippen molar-refractivity contribution in [1.82, 2.24) is 10.2 Å². The molecule has 0 fully saturated rings. The predicted octanol–water partition coefficient (Wildman–Crippen LogP) is 0.636. The topological polar surface area (TPSA) is 52.6 Å². The van der Waals surface area contributed by atoms with Gasteiger partial charge in [-0.3, -0.25) is 4.79 Å². The van der Waals surface area contributed by atoms with Gasteiger partial charge in [0, 0.05) is 6.54 Å². The summed E-state index contributed by atoms with van der Waals surface area (Å²) in [6, 6.07) is -0.657. The quantitative estimate of drug-likeness (QED) is 0.635. The van der Waals surface area contributed by atoms with Gasteiger partial charge in [-0.2, -0.15) is 0 Å². The van der Waals surface area contributed by atoms with Gasteiger partial charge in [0.15, 0.2) is 0 Å². The van der Waals surface area contributed by atoms with E-state index < -0.39 is 18.4 Å². The maximum absolute atomic E-state index is 11.9. The Morgan fingerprint density at radius 2 is 2.13 bits per heavy atom. The second-order valence-electron chi connectivity index (χ2n) is 3.39.